The first kappa shape index (κ1) is 9.10. The molecule has 0 unspecified atom stereocenters. The van der Waals surface area contributed by atoms with Crippen LogP contribution < -0.4 is 0 Å². The second-order valence-electron chi connectivity index (χ2n) is 2.82. The Hall–Kier alpha value is -1.47. The average Bonchev–Trinajstić information content (AvgIpc) is 2.60. The van der Waals surface area contributed by atoms with Gasteiger partial charge in [-0.05, 0) is 22.9 Å². The molecule has 0 amide bonds. The first-order chi connectivity index (χ1) is 6.74. The molecule has 0 atom stereocenters. The van der Waals surface area contributed by atoms with Crippen LogP contribution in [0.4, 0.5) is 8.78 Å². The molecule has 2 aromatic rings. The Morgan fingerprint density at radius 1 is 1.43 bits per heavy atom. The SMILES string of the molecule is N#CCc1c(F)c(F)cc2sccc12. The molecule has 0 N–H and O–H groups in total. The van der Waals surface area contributed by atoms with Crippen LogP contribution in [-0.4, -0.2) is 0 Å². The molecular formula is C10H5F2NS. The van der Waals surface area contributed by atoms with Crippen LogP contribution in [0.3, 0.4) is 0 Å². The second-order valence-corrected chi connectivity index (χ2v) is 3.77. The van der Waals surface area contributed by atoms with E-state index in [0.29, 0.717) is 10.1 Å². The number of fused-ring (bicyclic) bond motifs is 1. The van der Waals surface area contributed by atoms with Crippen molar-refractivity contribution in [2.24, 2.45) is 0 Å². The highest BCUT2D eigenvalue weighted by atomic mass is 32.1. The van der Waals surface area contributed by atoms with Crippen LogP contribution in [0.5, 0.6) is 0 Å². The molecule has 0 saturated carbocycles. The van der Waals surface area contributed by atoms with Gasteiger partial charge in [-0.2, -0.15) is 5.26 Å². The summed E-state index contributed by atoms with van der Waals surface area (Å²) in [6, 6.07) is 4.70. The van der Waals surface area contributed by atoms with Crippen molar-refractivity contribution in [2.75, 3.05) is 0 Å². The Balaban J connectivity index is 2.81. The number of benzene rings is 1. The maximum Gasteiger partial charge on any atom is 0.163 e. The predicted octanol–water partition coefficient (Wildman–Crippen LogP) is 3.25. The molecule has 1 aromatic carbocycles. The van der Waals surface area contributed by atoms with Crippen LogP contribution in [-0.2, 0) is 6.42 Å². The van der Waals surface area contributed by atoms with Gasteiger partial charge in [0.2, 0.25) is 0 Å². The summed E-state index contributed by atoms with van der Waals surface area (Å²) in [5, 5.41) is 10.9. The first-order valence-electron chi connectivity index (χ1n) is 3.95. The molecule has 0 saturated heterocycles. The van der Waals surface area contributed by atoms with E-state index in [1.165, 1.54) is 11.3 Å². The van der Waals surface area contributed by atoms with Crippen LogP contribution >= 0.6 is 11.3 Å². The van der Waals surface area contributed by atoms with E-state index in [-0.39, 0.29) is 12.0 Å². The summed E-state index contributed by atoms with van der Waals surface area (Å²) in [7, 11) is 0. The molecule has 0 fully saturated rings. The molecule has 1 aromatic heterocycles. The Morgan fingerprint density at radius 2 is 2.21 bits per heavy atom. The number of nitrogens with zero attached hydrogens (tertiary/aromatic N) is 1. The Bertz CT molecular complexity index is 525. The fraction of sp³-hybridized carbons (Fsp3) is 0.100. The Kier molecular flexibility index (Phi) is 2.18. The lowest BCUT2D eigenvalue weighted by atomic mass is 10.1. The van der Waals surface area contributed by atoms with Gasteiger partial charge in [0.05, 0.1) is 12.5 Å². The zero-order valence-corrected chi connectivity index (χ0v) is 7.87. The fourth-order valence-corrected chi connectivity index (χ4v) is 2.22. The Morgan fingerprint density at radius 3 is 2.93 bits per heavy atom. The largest absolute Gasteiger partial charge is 0.204 e. The van der Waals surface area contributed by atoms with Gasteiger partial charge in [-0.3, -0.25) is 0 Å². The zero-order chi connectivity index (χ0) is 10.1. The van der Waals surface area contributed by atoms with Gasteiger partial charge in [0.25, 0.3) is 0 Å². The van der Waals surface area contributed by atoms with Crippen molar-refractivity contribution in [2.45, 2.75) is 6.42 Å². The van der Waals surface area contributed by atoms with Crippen LogP contribution in [0, 0.1) is 23.0 Å². The predicted molar refractivity (Wildman–Crippen MR) is 51.1 cm³/mol. The van der Waals surface area contributed by atoms with Gasteiger partial charge in [-0.15, -0.1) is 11.3 Å². The van der Waals surface area contributed by atoms with Crippen molar-refractivity contribution < 1.29 is 8.78 Å². The molecular weight excluding hydrogens is 204 g/mol. The van der Waals surface area contributed by atoms with Crippen LogP contribution in [0.15, 0.2) is 17.5 Å². The third-order valence-electron chi connectivity index (χ3n) is 2.01. The third-order valence-corrected chi connectivity index (χ3v) is 2.87. The lowest BCUT2D eigenvalue weighted by Gasteiger charge is -2.01. The minimum Gasteiger partial charge on any atom is -0.204 e. The molecule has 14 heavy (non-hydrogen) atoms. The molecule has 2 rings (SSSR count). The number of hydrogen-bond donors (Lipinski definition) is 0. The lowest BCUT2D eigenvalue weighted by Crippen LogP contribution is -1.93. The van der Waals surface area contributed by atoms with Gasteiger partial charge in [-0.25, -0.2) is 8.78 Å². The van der Waals surface area contributed by atoms with Gasteiger partial charge in [-0.1, -0.05) is 0 Å². The minimum absolute atomic E-state index is 0.100. The number of nitriles is 1. The van der Waals surface area contributed by atoms with E-state index in [1.807, 2.05) is 6.07 Å². The van der Waals surface area contributed by atoms with Crippen LogP contribution in [0.2, 0.25) is 0 Å². The monoisotopic (exact) mass is 209 g/mol. The first-order valence-corrected chi connectivity index (χ1v) is 4.83. The molecule has 4 heteroatoms. The molecule has 70 valence electrons. The van der Waals surface area contributed by atoms with E-state index in [4.69, 9.17) is 5.26 Å². The standard InChI is InChI=1S/C10H5F2NS/c11-8-5-9-6(2-4-14-9)7(1-3-13)10(8)12/h2,4-5H,1H2. The number of rotatable bonds is 1. The van der Waals surface area contributed by atoms with E-state index in [9.17, 15) is 8.78 Å². The fourth-order valence-electron chi connectivity index (χ4n) is 1.37. The normalized spacial score (nSPS) is 10.4. The molecule has 0 aliphatic rings. The van der Waals surface area contributed by atoms with Crippen LogP contribution in [0.1, 0.15) is 5.56 Å². The zero-order valence-electron chi connectivity index (χ0n) is 7.05. The van der Waals surface area contributed by atoms with Gasteiger partial charge in [0.1, 0.15) is 0 Å². The highest BCUT2D eigenvalue weighted by molar-refractivity contribution is 7.17. The van der Waals surface area contributed by atoms with Crippen molar-refractivity contribution >= 4 is 21.4 Å². The minimum atomic E-state index is -0.905. The van der Waals surface area contributed by atoms with Gasteiger partial charge < -0.3 is 0 Å². The van der Waals surface area contributed by atoms with E-state index in [0.717, 1.165) is 6.07 Å². The highest BCUT2D eigenvalue weighted by Gasteiger charge is 2.13. The smallest absolute Gasteiger partial charge is 0.163 e. The average molecular weight is 209 g/mol. The van der Waals surface area contributed by atoms with E-state index < -0.39 is 11.6 Å². The summed E-state index contributed by atoms with van der Waals surface area (Å²) >= 11 is 1.33. The van der Waals surface area contributed by atoms with Crippen molar-refractivity contribution in [3.8, 4) is 6.07 Å². The van der Waals surface area contributed by atoms with Gasteiger partial charge >= 0.3 is 0 Å². The van der Waals surface area contributed by atoms with Gasteiger partial charge in [0, 0.05) is 10.3 Å². The summed E-state index contributed by atoms with van der Waals surface area (Å²) in [4.78, 5) is 0. The van der Waals surface area contributed by atoms with E-state index in [2.05, 4.69) is 0 Å². The van der Waals surface area contributed by atoms with Gasteiger partial charge in [0.15, 0.2) is 11.6 Å². The van der Waals surface area contributed by atoms with E-state index in [1.54, 1.807) is 11.4 Å². The summed E-state index contributed by atoms with van der Waals surface area (Å²) < 4.78 is 27.0. The van der Waals surface area contributed by atoms with Crippen molar-refractivity contribution in [3.05, 3.63) is 34.7 Å². The van der Waals surface area contributed by atoms with E-state index >= 15 is 0 Å². The van der Waals surface area contributed by atoms with Crippen molar-refractivity contribution in [3.63, 3.8) is 0 Å². The summed E-state index contributed by atoms with van der Waals surface area (Å²) in [5.74, 6) is -1.79. The molecule has 1 nitrogen and oxygen atoms in total. The number of thiophene rings is 1. The summed E-state index contributed by atoms with van der Waals surface area (Å²) in [6.45, 7) is 0. The third kappa shape index (κ3) is 1.26. The number of hydrogen-bond acceptors (Lipinski definition) is 2. The van der Waals surface area contributed by atoms with Crippen LogP contribution in [0.25, 0.3) is 10.1 Å². The molecule has 0 aliphatic carbocycles. The Labute approximate surface area is 83.2 Å². The summed E-state index contributed by atoms with van der Waals surface area (Å²) in [5.41, 5.74) is 0.156. The summed E-state index contributed by atoms with van der Waals surface area (Å²) in [6.07, 6.45) is -0.100. The second kappa shape index (κ2) is 3.35. The molecule has 0 radical (unpaired) electrons. The topological polar surface area (TPSA) is 23.8 Å². The highest BCUT2D eigenvalue weighted by Crippen LogP contribution is 2.28. The maximum absolute atomic E-state index is 13.3. The molecule has 1 heterocycles. The number of halogens is 2. The van der Waals surface area contributed by atoms with Crippen molar-refractivity contribution in [1.29, 1.82) is 5.26 Å². The van der Waals surface area contributed by atoms with Crippen molar-refractivity contribution in [1.82, 2.24) is 0 Å². The quantitative estimate of drug-likeness (QED) is 0.707. The lowest BCUT2D eigenvalue weighted by molar-refractivity contribution is 0.504. The molecule has 0 bridgehead atoms. The maximum atomic E-state index is 13.3. The molecule has 0 aliphatic heterocycles. The molecule has 0 spiro atoms.